The van der Waals surface area contributed by atoms with Gasteiger partial charge in [0.05, 0.1) is 23.0 Å². The van der Waals surface area contributed by atoms with Crippen LogP contribution < -0.4 is 5.32 Å². The maximum Gasteiger partial charge on any atom is 0.416 e. The zero-order valence-corrected chi connectivity index (χ0v) is 15.0. The molecule has 1 N–H and O–H groups in total. The number of benzene rings is 2. The smallest absolute Gasteiger partial charge is 0.324 e. The minimum absolute atomic E-state index is 0.0617. The highest BCUT2D eigenvalue weighted by Gasteiger charge is 2.31. The Morgan fingerprint density at radius 1 is 1.07 bits per heavy atom. The molecule has 0 aliphatic carbocycles. The fourth-order valence-corrected chi connectivity index (χ4v) is 2.88. The number of rotatable bonds is 5. The third-order valence-corrected chi connectivity index (χ3v) is 4.40. The fourth-order valence-electron chi connectivity index (χ4n) is 2.88. The number of alkyl halides is 3. The Balaban J connectivity index is 1.77. The molecule has 2 aromatic carbocycles. The lowest BCUT2D eigenvalue weighted by Gasteiger charge is -2.15. The lowest BCUT2D eigenvalue weighted by Crippen LogP contribution is -2.29. The second-order valence-electron chi connectivity index (χ2n) is 6.31. The van der Waals surface area contributed by atoms with Crippen LogP contribution in [-0.4, -0.2) is 16.7 Å². The van der Waals surface area contributed by atoms with Gasteiger partial charge in [-0.3, -0.25) is 14.6 Å². The van der Waals surface area contributed by atoms with Gasteiger partial charge in [-0.25, -0.2) is 0 Å². The highest BCUT2D eigenvalue weighted by molar-refractivity contribution is 6.13. The van der Waals surface area contributed by atoms with Crippen molar-refractivity contribution < 1.29 is 22.8 Å². The minimum atomic E-state index is -4.48. The Morgan fingerprint density at radius 3 is 2.39 bits per heavy atom. The molecule has 0 radical (unpaired) electrons. The first-order chi connectivity index (χ1) is 13.3. The minimum Gasteiger partial charge on any atom is -0.324 e. The van der Waals surface area contributed by atoms with Crippen LogP contribution >= 0.6 is 0 Å². The number of ketones is 1. The van der Waals surface area contributed by atoms with Gasteiger partial charge in [0, 0.05) is 10.9 Å². The highest BCUT2D eigenvalue weighted by atomic mass is 19.4. The van der Waals surface area contributed by atoms with Gasteiger partial charge in [-0.2, -0.15) is 13.2 Å². The third kappa shape index (κ3) is 4.19. The molecule has 1 unspecified atom stereocenters. The molecular weight excluding hydrogens is 369 g/mol. The molecule has 1 atom stereocenters. The number of Topliss-reactive ketones (excluding diaryl/α,β-unsaturated/α-hetero) is 1. The molecule has 3 aromatic rings. The van der Waals surface area contributed by atoms with Crippen LogP contribution in [0.15, 0.2) is 60.8 Å². The van der Waals surface area contributed by atoms with Crippen LogP contribution in [0.2, 0.25) is 0 Å². The Morgan fingerprint density at radius 2 is 1.75 bits per heavy atom. The first-order valence-electron chi connectivity index (χ1n) is 8.66. The number of hydrogen-bond donors (Lipinski definition) is 1. The standard InChI is InChI=1S/C21H17F3N2O2/c1-2-17(19(27)13-7-9-15(10-8-13)21(22,23)24)20(28)26-16-11-14-5-3-4-6-18(14)25-12-16/h3-12,17H,2H2,1H3,(H,26,28). The summed E-state index contributed by atoms with van der Waals surface area (Å²) in [4.78, 5) is 29.5. The summed E-state index contributed by atoms with van der Waals surface area (Å²) < 4.78 is 38.0. The van der Waals surface area contributed by atoms with Crippen LogP contribution in [-0.2, 0) is 11.0 Å². The summed E-state index contributed by atoms with van der Waals surface area (Å²) in [5.74, 6) is -2.06. The molecule has 0 bridgehead atoms. The average molecular weight is 386 g/mol. The predicted octanol–water partition coefficient (Wildman–Crippen LogP) is 5.10. The van der Waals surface area contributed by atoms with E-state index < -0.39 is 29.3 Å². The van der Waals surface area contributed by atoms with Crippen LogP contribution in [0.5, 0.6) is 0 Å². The highest BCUT2D eigenvalue weighted by Crippen LogP contribution is 2.29. The summed E-state index contributed by atoms with van der Waals surface area (Å²) in [6, 6.07) is 13.0. The number of amides is 1. The van der Waals surface area contributed by atoms with Crippen molar-refractivity contribution in [3.8, 4) is 0 Å². The molecular formula is C21H17F3N2O2. The van der Waals surface area contributed by atoms with E-state index in [2.05, 4.69) is 10.3 Å². The Bertz CT molecular complexity index is 1010. The second-order valence-corrected chi connectivity index (χ2v) is 6.31. The number of hydrogen-bond acceptors (Lipinski definition) is 3. The molecule has 4 nitrogen and oxygen atoms in total. The van der Waals surface area contributed by atoms with E-state index in [0.29, 0.717) is 5.69 Å². The molecule has 28 heavy (non-hydrogen) atoms. The van der Waals surface area contributed by atoms with Gasteiger partial charge in [-0.05, 0) is 30.7 Å². The maximum absolute atomic E-state index is 12.7. The number of fused-ring (bicyclic) bond motifs is 1. The summed E-state index contributed by atoms with van der Waals surface area (Å²) in [5.41, 5.74) is 0.436. The van der Waals surface area contributed by atoms with Crippen LogP contribution in [0.4, 0.5) is 18.9 Å². The molecule has 0 spiro atoms. The van der Waals surface area contributed by atoms with E-state index in [1.165, 1.54) is 6.20 Å². The molecule has 1 aromatic heterocycles. The van der Waals surface area contributed by atoms with Gasteiger partial charge in [0.1, 0.15) is 5.92 Å². The number of nitrogens with zero attached hydrogens (tertiary/aromatic N) is 1. The monoisotopic (exact) mass is 386 g/mol. The number of aromatic nitrogens is 1. The molecule has 7 heteroatoms. The lowest BCUT2D eigenvalue weighted by atomic mass is 9.93. The zero-order chi connectivity index (χ0) is 20.3. The third-order valence-electron chi connectivity index (χ3n) is 4.40. The van der Waals surface area contributed by atoms with Crippen LogP contribution in [0.3, 0.4) is 0 Å². The van der Waals surface area contributed by atoms with E-state index in [9.17, 15) is 22.8 Å². The van der Waals surface area contributed by atoms with Gasteiger partial charge >= 0.3 is 6.18 Å². The van der Waals surface area contributed by atoms with Crippen molar-refractivity contribution in [2.24, 2.45) is 5.92 Å². The molecule has 0 aliphatic heterocycles. The van der Waals surface area contributed by atoms with Crippen LogP contribution in [0, 0.1) is 5.92 Å². The van der Waals surface area contributed by atoms with E-state index in [-0.39, 0.29) is 12.0 Å². The number of anilines is 1. The summed E-state index contributed by atoms with van der Waals surface area (Å²) >= 11 is 0. The van der Waals surface area contributed by atoms with E-state index >= 15 is 0 Å². The lowest BCUT2D eigenvalue weighted by molar-refractivity contribution is -0.137. The van der Waals surface area contributed by atoms with Gasteiger partial charge in [-0.1, -0.05) is 37.3 Å². The van der Waals surface area contributed by atoms with Crippen molar-refractivity contribution in [3.05, 3.63) is 71.9 Å². The predicted molar refractivity (Wildman–Crippen MR) is 99.9 cm³/mol. The molecule has 0 fully saturated rings. The fraction of sp³-hybridized carbons (Fsp3) is 0.190. The van der Waals surface area contributed by atoms with Crippen molar-refractivity contribution >= 4 is 28.3 Å². The topological polar surface area (TPSA) is 59.1 Å². The number of halogens is 3. The number of carbonyl (C=O) groups is 2. The molecule has 1 amide bonds. The quantitative estimate of drug-likeness (QED) is 0.490. The molecule has 0 saturated carbocycles. The second kappa shape index (κ2) is 7.80. The van der Waals surface area contributed by atoms with Crippen molar-refractivity contribution in [3.63, 3.8) is 0 Å². The first kappa shape index (κ1) is 19.5. The first-order valence-corrected chi connectivity index (χ1v) is 8.66. The SMILES string of the molecule is CCC(C(=O)Nc1cnc2ccccc2c1)C(=O)c1ccc(C(F)(F)F)cc1. The normalized spacial score (nSPS) is 12.6. The maximum atomic E-state index is 12.7. The van der Waals surface area contributed by atoms with Crippen LogP contribution in [0.25, 0.3) is 10.9 Å². The summed E-state index contributed by atoms with van der Waals surface area (Å²) in [6.45, 7) is 1.67. The van der Waals surface area contributed by atoms with E-state index in [1.54, 1.807) is 13.0 Å². The van der Waals surface area contributed by atoms with Gasteiger partial charge in [0.25, 0.3) is 0 Å². The van der Waals surface area contributed by atoms with Crippen molar-refractivity contribution in [1.29, 1.82) is 0 Å². The number of carbonyl (C=O) groups excluding carboxylic acids is 2. The molecule has 3 rings (SSSR count). The average Bonchev–Trinajstić information content (AvgIpc) is 2.68. The Labute approximate surface area is 159 Å². The largest absolute Gasteiger partial charge is 0.416 e. The van der Waals surface area contributed by atoms with Crippen LogP contribution in [0.1, 0.15) is 29.3 Å². The molecule has 144 valence electrons. The number of nitrogens with one attached hydrogen (secondary N) is 1. The van der Waals surface area contributed by atoms with Gasteiger partial charge in [0.2, 0.25) is 5.91 Å². The Kier molecular flexibility index (Phi) is 5.44. The van der Waals surface area contributed by atoms with Gasteiger partial charge in [0.15, 0.2) is 5.78 Å². The van der Waals surface area contributed by atoms with Crippen molar-refractivity contribution in [1.82, 2.24) is 4.98 Å². The van der Waals surface area contributed by atoms with Crippen molar-refractivity contribution in [2.75, 3.05) is 5.32 Å². The van der Waals surface area contributed by atoms with Crippen molar-refractivity contribution in [2.45, 2.75) is 19.5 Å². The number of pyridine rings is 1. The molecule has 1 heterocycles. The van der Waals surface area contributed by atoms with E-state index in [1.807, 2.05) is 24.3 Å². The molecule has 0 aliphatic rings. The van der Waals surface area contributed by atoms with Gasteiger partial charge in [-0.15, -0.1) is 0 Å². The molecule has 0 saturated heterocycles. The Hall–Kier alpha value is -3.22. The summed E-state index contributed by atoms with van der Waals surface area (Å²) in [5, 5.41) is 3.50. The van der Waals surface area contributed by atoms with Gasteiger partial charge < -0.3 is 5.32 Å². The van der Waals surface area contributed by atoms with E-state index in [4.69, 9.17) is 0 Å². The van der Waals surface area contributed by atoms with E-state index in [0.717, 1.165) is 35.2 Å². The zero-order valence-electron chi connectivity index (χ0n) is 15.0. The number of para-hydroxylation sites is 1. The summed E-state index contributed by atoms with van der Waals surface area (Å²) in [7, 11) is 0. The summed E-state index contributed by atoms with van der Waals surface area (Å²) in [6.07, 6.45) is -2.77.